The standard InChI is InChI=1S/C50H68ClN3O14S4/c1-6-7-16-37(43(51)19-12-20-46-50(4,5)48-42-25-24-41(72(66,67)68)35-38(42)22-26-44(48)54(46)31-10-8-9-21-47(55)56)23-27-45(52-28-13-32-69(57,58)59)49(2,3)39-17-11-18-40(36-39)53(29-14-33-70(60,61)62)30-15-34-71(63,64)65/h11-12,17-20,22-27,35-36H,6-10,13-16,21,28-34H2,1-5H3,(H,55,56)(H,57,58,59)(H,60,61,62)(H,63,64,65)(H,66,67,68)/b19-12+,27-23+,43-37-,46-20+,52-45+. The van der Waals surface area contributed by atoms with E-state index in [4.69, 9.17) is 16.6 Å². The molecule has 5 N–H and O–H groups in total. The SMILES string of the molecule is CCCCC(/C=C/C(=N\CCCS(=O)(=O)O)C(C)(C)c1cccc(N(CCCS(=O)(=O)O)CCCS(=O)(=O)O)c1)=C(Cl)\C=C\C=C1\N(CCCCCC(=O)O)c2ccc3cc(S(=O)(=O)O)ccc3c2C1(C)C. The number of hydrogen-bond donors (Lipinski definition) is 5. The van der Waals surface area contributed by atoms with E-state index in [0.717, 1.165) is 46.3 Å². The van der Waals surface area contributed by atoms with Crippen molar-refractivity contribution in [2.45, 2.75) is 115 Å². The summed E-state index contributed by atoms with van der Waals surface area (Å²) >= 11 is 7.16. The Morgan fingerprint density at radius 3 is 2.00 bits per heavy atom. The van der Waals surface area contributed by atoms with E-state index in [0.29, 0.717) is 54.0 Å². The maximum Gasteiger partial charge on any atom is 0.303 e. The maximum atomic E-state index is 12.0. The van der Waals surface area contributed by atoms with Gasteiger partial charge in [-0.3, -0.25) is 28.0 Å². The van der Waals surface area contributed by atoms with E-state index < -0.39 is 74.5 Å². The minimum absolute atomic E-state index is 0.0270. The Hall–Kier alpha value is -4.45. The van der Waals surface area contributed by atoms with Crippen LogP contribution in [0.4, 0.5) is 11.4 Å². The number of nitrogens with zero attached hydrogens (tertiary/aromatic N) is 3. The number of carbonyl (C=O) groups is 1. The molecule has 22 heteroatoms. The Balaban J connectivity index is 1.78. The maximum absolute atomic E-state index is 12.0. The average molecular weight is 1100 g/mol. The molecule has 0 bridgehead atoms. The summed E-state index contributed by atoms with van der Waals surface area (Å²) in [5.74, 6) is -2.41. The number of rotatable bonds is 29. The molecule has 1 heterocycles. The summed E-state index contributed by atoms with van der Waals surface area (Å²) in [6.07, 6.45) is 13.6. The highest BCUT2D eigenvalue weighted by Crippen LogP contribution is 2.51. The van der Waals surface area contributed by atoms with Crippen molar-refractivity contribution in [1.82, 2.24) is 0 Å². The number of carboxylic acids is 1. The third-order valence-corrected chi connectivity index (χ3v) is 16.1. The van der Waals surface area contributed by atoms with Crippen LogP contribution in [0.2, 0.25) is 0 Å². The van der Waals surface area contributed by atoms with Crippen molar-refractivity contribution < 1.29 is 61.8 Å². The monoisotopic (exact) mass is 1100 g/mol. The fourth-order valence-corrected chi connectivity index (χ4v) is 11.0. The number of halogens is 1. The highest BCUT2D eigenvalue weighted by molar-refractivity contribution is 7.86. The summed E-state index contributed by atoms with van der Waals surface area (Å²) in [7, 11) is -17.3. The predicted molar refractivity (Wildman–Crippen MR) is 286 cm³/mol. The van der Waals surface area contributed by atoms with Crippen LogP contribution in [0.1, 0.15) is 110 Å². The Bertz CT molecular complexity index is 3000. The lowest BCUT2D eigenvalue weighted by Gasteiger charge is -2.30. The summed E-state index contributed by atoms with van der Waals surface area (Å²) in [5, 5.41) is 11.1. The summed E-state index contributed by atoms with van der Waals surface area (Å²) in [4.78, 5) is 19.8. The molecule has 0 saturated heterocycles. The molecular weight excluding hydrogens is 1030 g/mol. The predicted octanol–water partition coefficient (Wildman–Crippen LogP) is 9.57. The molecule has 17 nitrogen and oxygen atoms in total. The first-order valence-corrected chi connectivity index (χ1v) is 30.3. The molecule has 0 atom stereocenters. The molecular formula is C50H68ClN3O14S4. The number of carboxylic acid groups (broad SMARTS) is 1. The topological polar surface area (TPSA) is 274 Å². The molecule has 398 valence electrons. The fraction of sp³-hybridized carbons (Fsp3) is 0.480. The lowest BCUT2D eigenvalue weighted by atomic mass is 9.79. The van der Waals surface area contributed by atoms with Crippen molar-refractivity contribution in [2.75, 3.05) is 53.2 Å². The van der Waals surface area contributed by atoms with Gasteiger partial charge in [0, 0.05) is 71.2 Å². The number of allylic oxidation sites excluding steroid dienone is 8. The van der Waals surface area contributed by atoms with E-state index in [1.807, 2.05) is 69.3 Å². The van der Waals surface area contributed by atoms with E-state index >= 15 is 0 Å². The molecule has 0 spiro atoms. The number of hydrogen-bond acceptors (Lipinski definition) is 12. The van der Waals surface area contributed by atoms with E-state index in [1.54, 1.807) is 29.2 Å². The van der Waals surface area contributed by atoms with Crippen LogP contribution in [0.25, 0.3) is 10.8 Å². The van der Waals surface area contributed by atoms with Gasteiger partial charge >= 0.3 is 5.97 Å². The Morgan fingerprint density at radius 2 is 1.40 bits per heavy atom. The zero-order valence-corrected chi connectivity index (χ0v) is 45.4. The van der Waals surface area contributed by atoms with Gasteiger partial charge in [0.15, 0.2) is 0 Å². The van der Waals surface area contributed by atoms with Crippen LogP contribution in [-0.4, -0.2) is 112 Å². The van der Waals surface area contributed by atoms with Crippen LogP contribution < -0.4 is 9.80 Å². The van der Waals surface area contributed by atoms with E-state index in [1.165, 1.54) is 12.1 Å². The van der Waals surface area contributed by atoms with E-state index in [-0.39, 0.29) is 50.2 Å². The second kappa shape index (κ2) is 25.7. The van der Waals surface area contributed by atoms with Crippen molar-refractivity contribution in [2.24, 2.45) is 4.99 Å². The van der Waals surface area contributed by atoms with Crippen LogP contribution in [-0.2, 0) is 56.1 Å². The quantitative estimate of drug-likeness (QED) is 0.0187. The molecule has 0 aliphatic carbocycles. The third-order valence-electron chi connectivity index (χ3n) is 12.5. The second-order valence-electron chi connectivity index (χ2n) is 18.9. The minimum atomic E-state index is -4.44. The van der Waals surface area contributed by atoms with Crippen LogP contribution in [0.5, 0.6) is 0 Å². The minimum Gasteiger partial charge on any atom is -0.481 e. The molecule has 72 heavy (non-hydrogen) atoms. The molecule has 3 aromatic carbocycles. The molecule has 1 aliphatic rings. The van der Waals surface area contributed by atoms with Gasteiger partial charge in [0.1, 0.15) is 0 Å². The van der Waals surface area contributed by atoms with E-state index in [2.05, 4.69) is 18.7 Å². The van der Waals surface area contributed by atoms with Crippen molar-refractivity contribution in [1.29, 1.82) is 0 Å². The second-order valence-corrected chi connectivity index (χ2v) is 25.4. The zero-order valence-electron chi connectivity index (χ0n) is 41.4. The van der Waals surface area contributed by atoms with Gasteiger partial charge in [-0.05, 0) is 121 Å². The van der Waals surface area contributed by atoms with Gasteiger partial charge in [0.25, 0.3) is 40.5 Å². The van der Waals surface area contributed by atoms with Gasteiger partial charge in [0.05, 0.1) is 22.2 Å². The molecule has 0 saturated carbocycles. The highest BCUT2D eigenvalue weighted by atomic mass is 35.5. The van der Waals surface area contributed by atoms with Gasteiger partial charge in [0.2, 0.25) is 0 Å². The smallest absolute Gasteiger partial charge is 0.303 e. The summed E-state index contributed by atoms with van der Waals surface area (Å²) in [6.45, 7) is 10.9. The molecule has 0 unspecified atom stereocenters. The first-order chi connectivity index (χ1) is 33.4. The van der Waals surface area contributed by atoms with Gasteiger partial charge in [-0.15, -0.1) is 0 Å². The van der Waals surface area contributed by atoms with Crippen LogP contribution >= 0.6 is 11.6 Å². The summed E-state index contributed by atoms with van der Waals surface area (Å²) in [6, 6.07) is 15.5. The number of anilines is 2. The first-order valence-electron chi connectivity index (χ1n) is 23.7. The molecule has 3 aromatic rings. The van der Waals surface area contributed by atoms with Crippen molar-refractivity contribution in [3.63, 3.8) is 0 Å². The number of unbranched alkanes of at least 4 members (excludes halogenated alkanes) is 3. The van der Waals surface area contributed by atoms with Crippen molar-refractivity contribution >= 4 is 85.9 Å². The molecule has 0 amide bonds. The number of fused-ring (bicyclic) bond motifs is 3. The Labute approximate surface area is 430 Å². The van der Waals surface area contributed by atoms with Gasteiger partial charge in [-0.1, -0.05) is 95.5 Å². The third kappa shape index (κ3) is 18.2. The lowest BCUT2D eigenvalue weighted by Crippen LogP contribution is -2.31. The largest absolute Gasteiger partial charge is 0.481 e. The molecule has 1 aliphatic heterocycles. The van der Waals surface area contributed by atoms with Crippen LogP contribution in [0.15, 0.2) is 111 Å². The zero-order chi connectivity index (χ0) is 53.7. The normalized spacial score (nSPS) is 15.8. The summed E-state index contributed by atoms with van der Waals surface area (Å²) in [5.41, 5.74) is 3.96. The highest BCUT2D eigenvalue weighted by Gasteiger charge is 2.41. The molecule has 0 radical (unpaired) electrons. The van der Waals surface area contributed by atoms with Crippen LogP contribution in [0, 0.1) is 0 Å². The van der Waals surface area contributed by atoms with Gasteiger partial charge < -0.3 is 14.9 Å². The summed E-state index contributed by atoms with van der Waals surface area (Å²) < 4.78 is 131. The molecule has 0 fully saturated rings. The Morgan fingerprint density at radius 1 is 0.764 bits per heavy atom. The lowest BCUT2D eigenvalue weighted by molar-refractivity contribution is -0.137. The number of aliphatic carboxylic acids is 1. The fourth-order valence-electron chi connectivity index (χ4n) is 8.75. The number of aliphatic imine (C=N–C) groups is 1. The Kier molecular flexibility index (Phi) is 21.4. The molecule has 0 aromatic heterocycles. The van der Waals surface area contributed by atoms with Gasteiger partial charge in [-0.25, -0.2) is 0 Å². The molecule has 4 rings (SSSR count). The van der Waals surface area contributed by atoms with Crippen molar-refractivity contribution in [3.8, 4) is 0 Å². The average Bonchev–Trinajstić information content (AvgIpc) is 3.49. The van der Waals surface area contributed by atoms with Crippen molar-refractivity contribution in [3.05, 3.63) is 112 Å². The van der Waals surface area contributed by atoms with Gasteiger partial charge in [-0.2, -0.15) is 33.7 Å². The first kappa shape index (κ1) is 60.1. The van der Waals surface area contributed by atoms with E-state index in [9.17, 15) is 61.8 Å². The van der Waals surface area contributed by atoms with Crippen LogP contribution in [0.3, 0.4) is 0 Å². The number of benzene rings is 3.